The maximum Gasteiger partial charge on any atom is 0.407 e. The molecule has 3 N–H and O–H groups in total. The van der Waals surface area contributed by atoms with Crippen molar-refractivity contribution in [2.24, 2.45) is 0 Å². The van der Waals surface area contributed by atoms with E-state index in [0.29, 0.717) is 13.1 Å². The largest absolute Gasteiger partial charge is 0.480 e. The van der Waals surface area contributed by atoms with E-state index < -0.39 is 17.6 Å². The van der Waals surface area contributed by atoms with Crippen LogP contribution in [0, 0.1) is 0 Å². The van der Waals surface area contributed by atoms with Crippen LogP contribution in [0.5, 0.6) is 0 Å². The van der Waals surface area contributed by atoms with Gasteiger partial charge in [-0.2, -0.15) is 0 Å². The van der Waals surface area contributed by atoms with Crippen LogP contribution in [0.1, 0.15) is 5.56 Å². The highest BCUT2D eigenvalue weighted by Gasteiger charge is 2.43. The molecule has 2 rings (SSSR count). The van der Waals surface area contributed by atoms with Crippen molar-refractivity contribution in [3.8, 4) is 0 Å². The van der Waals surface area contributed by atoms with Gasteiger partial charge in [-0.1, -0.05) is 30.3 Å². The Balaban J connectivity index is 2.23. The highest BCUT2D eigenvalue weighted by atomic mass is 16.4. The first-order valence-electron chi connectivity index (χ1n) is 6.04. The first-order chi connectivity index (χ1) is 9.03. The maximum atomic E-state index is 11.6. The summed E-state index contributed by atoms with van der Waals surface area (Å²) in [6, 6.07) is 9.21. The minimum absolute atomic E-state index is 0.0490. The summed E-state index contributed by atoms with van der Waals surface area (Å²) in [5.41, 5.74) is -0.387. The van der Waals surface area contributed by atoms with Gasteiger partial charge in [0.25, 0.3) is 0 Å². The van der Waals surface area contributed by atoms with E-state index in [1.807, 2.05) is 30.3 Å². The van der Waals surface area contributed by atoms with Crippen LogP contribution in [0.4, 0.5) is 4.79 Å². The van der Waals surface area contributed by atoms with Gasteiger partial charge in [0.15, 0.2) is 0 Å². The van der Waals surface area contributed by atoms with Gasteiger partial charge in [0.05, 0.1) is 6.54 Å². The number of carbonyl (C=O) groups is 2. The molecule has 0 saturated carbocycles. The smallest absolute Gasteiger partial charge is 0.407 e. The molecule has 1 aromatic rings. The number of hydrogen-bond donors (Lipinski definition) is 3. The van der Waals surface area contributed by atoms with Gasteiger partial charge in [0.1, 0.15) is 5.54 Å². The Morgan fingerprint density at radius 3 is 2.53 bits per heavy atom. The maximum absolute atomic E-state index is 11.6. The summed E-state index contributed by atoms with van der Waals surface area (Å²) in [7, 11) is 0. The Bertz CT molecular complexity index is 477. The SMILES string of the molecule is O=C(O)N1CCNC(Cc2ccccc2)(C(=O)O)C1. The van der Waals surface area contributed by atoms with Gasteiger partial charge >= 0.3 is 12.1 Å². The van der Waals surface area contributed by atoms with E-state index >= 15 is 0 Å². The summed E-state index contributed by atoms with van der Waals surface area (Å²) >= 11 is 0. The lowest BCUT2D eigenvalue weighted by molar-refractivity contribution is -0.146. The molecule has 1 amide bonds. The molecule has 0 radical (unpaired) electrons. The normalized spacial score (nSPS) is 23.1. The van der Waals surface area contributed by atoms with Gasteiger partial charge < -0.3 is 15.1 Å². The van der Waals surface area contributed by atoms with Crippen LogP contribution in [0.15, 0.2) is 30.3 Å². The Hall–Kier alpha value is -2.08. The van der Waals surface area contributed by atoms with Crippen molar-refractivity contribution in [3.63, 3.8) is 0 Å². The number of aliphatic carboxylic acids is 1. The number of rotatable bonds is 3. The molecule has 0 aromatic heterocycles. The summed E-state index contributed by atoms with van der Waals surface area (Å²) in [6.45, 7) is 0.594. The van der Waals surface area contributed by atoms with Crippen molar-refractivity contribution in [3.05, 3.63) is 35.9 Å². The van der Waals surface area contributed by atoms with E-state index in [1.165, 1.54) is 0 Å². The standard InChI is InChI=1S/C13H16N2O4/c16-11(17)13(8-10-4-2-1-3-5-10)9-15(12(18)19)7-6-14-13/h1-5,14H,6-9H2,(H,16,17)(H,18,19). The molecule has 1 saturated heterocycles. The lowest BCUT2D eigenvalue weighted by Gasteiger charge is -2.39. The molecular formula is C13H16N2O4. The third-order valence-corrected chi connectivity index (χ3v) is 3.33. The minimum Gasteiger partial charge on any atom is -0.480 e. The number of hydrogen-bond acceptors (Lipinski definition) is 3. The highest BCUT2D eigenvalue weighted by Crippen LogP contribution is 2.19. The molecular weight excluding hydrogens is 248 g/mol. The topological polar surface area (TPSA) is 89.9 Å². The average Bonchev–Trinajstić information content (AvgIpc) is 2.40. The molecule has 0 spiro atoms. The summed E-state index contributed by atoms with van der Waals surface area (Å²) in [4.78, 5) is 23.7. The van der Waals surface area contributed by atoms with Crippen LogP contribution < -0.4 is 5.32 Å². The Labute approximate surface area is 110 Å². The van der Waals surface area contributed by atoms with Crippen LogP contribution in [0.2, 0.25) is 0 Å². The van der Waals surface area contributed by atoms with Gasteiger partial charge in [0, 0.05) is 19.5 Å². The van der Waals surface area contributed by atoms with Crippen molar-refractivity contribution < 1.29 is 19.8 Å². The molecule has 0 aliphatic carbocycles. The van der Waals surface area contributed by atoms with Crippen molar-refractivity contribution in [1.29, 1.82) is 0 Å². The second-order valence-electron chi connectivity index (χ2n) is 4.68. The zero-order valence-electron chi connectivity index (χ0n) is 10.4. The van der Waals surface area contributed by atoms with E-state index in [-0.39, 0.29) is 13.0 Å². The number of piperazine rings is 1. The molecule has 6 nitrogen and oxygen atoms in total. The summed E-state index contributed by atoms with van der Waals surface area (Å²) in [5.74, 6) is -1.03. The zero-order chi connectivity index (χ0) is 13.9. The van der Waals surface area contributed by atoms with Crippen molar-refractivity contribution in [1.82, 2.24) is 10.2 Å². The number of benzene rings is 1. The van der Waals surface area contributed by atoms with Crippen LogP contribution in [-0.4, -0.2) is 52.3 Å². The van der Waals surface area contributed by atoms with Crippen molar-refractivity contribution in [2.45, 2.75) is 12.0 Å². The second-order valence-corrected chi connectivity index (χ2v) is 4.68. The van der Waals surface area contributed by atoms with E-state index in [2.05, 4.69) is 5.32 Å². The van der Waals surface area contributed by atoms with Crippen LogP contribution in [0.25, 0.3) is 0 Å². The number of amides is 1. The fraction of sp³-hybridized carbons (Fsp3) is 0.385. The highest BCUT2D eigenvalue weighted by molar-refractivity contribution is 5.81. The van der Waals surface area contributed by atoms with E-state index in [9.17, 15) is 14.7 Å². The molecule has 1 unspecified atom stereocenters. The quantitative estimate of drug-likeness (QED) is 0.745. The summed E-state index contributed by atoms with van der Waals surface area (Å²) in [5, 5.41) is 21.5. The fourth-order valence-electron chi connectivity index (χ4n) is 2.34. The molecule has 1 heterocycles. The van der Waals surface area contributed by atoms with Gasteiger partial charge in [-0.05, 0) is 5.56 Å². The minimum atomic E-state index is -1.25. The predicted molar refractivity (Wildman–Crippen MR) is 68.1 cm³/mol. The third-order valence-electron chi connectivity index (χ3n) is 3.33. The molecule has 102 valence electrons. The Kier molecular flexibility index (Phi) is 3.71. The zero-order valence-corrected chi connectivity index (χ0v) is 10.4. The van der Waals surface area contributed by atoms with Crippen molar-refractivity contribution >= 4 is 12.1 Å². The molecule has 19 heavy (non-hydrogen) atoms. The van der Waals surface area contributed by atoms with Gasteiger partial charge in [0.2, 0.25) is 0 Å². The molecule has 6 heteroatoms. The lowest BCUT2D eigenvalue weighted by atomic mass is 9.88. The first kappa shape index (κ1) is 13.4. The summed E-state index contributed by atoms with van der Waals surface area (Å²) in [6.07, 6.45) is -0.826. The van der Waals surface area contributed by atoms with Crippen LogP contribution in [0.3, 0.4) is 0 Å². The van der Waals surface area contributed by atoms with Gasteiger partial charge in [-0.25, -0.2) is 4.79 Å². The van der Waals surface area contributed by atoms with Crippen molar-refractivity contribution in [2.75, 3.05) is 19.6 Å². The van der Waals surface area contributed by atoms with Gasteiger partial charge in [-0.3, -0.25) is 10.1 Å². The van der Waals surface area contributed by atoms with Gasteiger partial charge in [-0.15, -0.1) is 0 Å². The first-order valence-corrected chi connectivity index (χ1v) is 6.04. The molecule has 0 bridgehead atoms. The van der Waals surface area contributed by atoms with Crippen LogP contribution in [-0.2, 0) is 11.2 Å². The molecule has 1 aromatic carbocycles. The third kappa shape index (κ3) is 2.85. The second kappa shape index (κ2) is 5.27. The molecule has 1 atom stereocenters. The lowest BCUT2D eigenvalue weighted by Crippen LogP contribution is -2.66. The monoisotopic (exact) mass is 264 g/mol. The fourth-order valence-corrected chi connectivity index (χ4v) is 2.34. The number of nitrogens with one attached hydrogen (secondary N) is 1. The molecule has 1 aliphatic heterocycles. The molecule has 1 aliphatic rings. The van der Waals surface area contributed by atoms with E-state index in [0.717, 1.165) is 10.5 Å². The average molecular weight is 264 g/mol. The van der Waals surface area contributed by atoms with E-state index in [1.54, 1.807) is 0 Å². The Morgan fingerprint density at radius 1 is 1.26 bits per heavy atom. The Morgan fingerprint density at radius 2 is 1.95 bits per heavy atom. The molecule has 1 fully saturated rings. The van der Waals surface area contributed by atoms with Crippen LogP contribution >= 0.6 is 0 Å². The van der Waals surface area contributed by atoms with E-state index in [4.69, 9.17) is 5.11 Å². The number of nitrogens with zero attached hydrogens (tertiary/aromatic N) is 1. The predicted octanol–water partition coefficient (Wildman–Crippen LogP) is 0.636. The summed E-state index contributed by atoms with van der Waals surface area (Å²) < 4.78 is 0. The number of carboxylic acids is 1. The number of carboxylic acid groups (broad SMARTS) is 2.